The smallest absolute Gasteiger partial charge is 0.314 e. The van der Waals surface area contributed by atoms with Crippen LogP contribution in [0.3, 0.4) is 0 Å². The van der Waals surface area contributed by atoms with Crippen LogP contribution in [0.4, 0.5) is 4.79 Å². The maximum atomic E-state index is 11.7. The first-order chi connectivity index (χ1) is 12.3. The normalized spacial score (nSPS) is 10.1. The van der Waals surface area contributed by atoms with E-state index in [4.69, 9.17) is 9.47 Å². The van der Waals surface area contributed by atoms with Crippen molar-refractivity contribution in [1.82, 2.24) is 10.6 Å². The fourth-order valence-electron chi connectivity index (χ4n) is 2.36. The lowest BCUT2D eigenvalue weighted by molar-refractivity contribution is 0.236. The molecule has 134 valence electrons. The third kappa shape index (κ3) is 7.61. The van der Waals surface area contributed by atoms with E-state index in [1.54, 1.807) is 0 Å². The number of carbonyl (C=O) groups excluding carboxylic acids is 1. The maximum Gasteiger partial charge on any atom is 0.314 e. The molecule has 0 heterocycles. The minimum absolute atomic E-state index is 0.167. The van der Waals surface area contributed by atoms with Crippen LogP contribution in [-0.2, 0) is 6.42 Å². The van der Waals surface area contributed by atoms with Crippen molar-refractivity contribution < 1.29 is 14.3 Å². The Balaban J connectivity index is 1.54. The van der Waals surface area contributed by atoms with E-state index in [1.807, 2.05) is 49.4 Å². The Morgan fingerprint density at radius 1 is 0.920 bits per heavy atom. The molecule has 5 heteroatoms. The lowest BCUT2D eigenvalue weighted by atomic mass is 10.1. The second kappa shape index (κ2) is 11.0. The van der Waals surface area contributed by atoms with Gasteiger partial charge in [0.1, 0.15) is 18.1 Å². The Morgan fingerprint density at radius 3 is 2.40 bits per heavy atom. The summed E-state index contributed by atoms with van der Waals surface area (Å²) in [5.74, 6) is 1.51. The number of hydrogen-bond acceptors (Lipinski definition) is 3. The molecular formula is C20H26N2O3. The Hall–Kier alpha value is -2.69. The zero-order valence-electron chi connectivity index (χ0n) is 14.7. The summed E-state index contributed by atoms with van der Waals surface area (Å²) in [5, 5.41) is 5.64. The summed E-state index contributed by atoms with van der Waals surface area (Å²) >= 11 is 0. The first kappa shape index (κ1) is 18.6. The van der Waals surface area contributed by atoms with Crippen LogP contribution >= 0.6 is 0 Å². The van der Waals surface area contributed by atoms with Gasteiger partial charge in [-0.25, -0.2) is 4.79 Å². The van der Waals surface area contributed by atoms with E-state index in [-0.39, 0.29) is 6.03 Å². The van der Waals surface area contributed by atoms with Crippen molar-refractivity contribution in [2.75, 3.05) is 26.3 Å². The van der Waals surface area contributed by atoms with Crippen LogP contribution in [0, 0.1) is 0 Å². The fraction of sp³-hybridized carbons (Fsp3) is 0.350. The van der Waals surface area contributed by atoms with Crippen LogP contribution in [0.25, 0.3) is 0 Å². The van der Waals surface area contributed by atoms with E-state index in [0.29, 0.717) is 26.3 Å². The lowest BCUT2D eigenvalue weighted by Gasteiger charge is -2.10. The molecule has 2 N–H and O–H groups in total. The van der Waals surface area contributed by atoms with Crippen LogP contribution in [0.2, 0.25) is 0 Å². The van der Waals surface area contributed by atoms with E-state index in [1.165, 1.54) is 5.56 Å². The number of aryl methyl sites for hydroxylation is 1. The van der Waals surface area contributed by atoms with Gasteiger partial charge in [-0.3, -0.25) is 0 Å². The molecule has 0 bridgehead atoms. The zero-order chi connectivity index (χ0) is 17.7. The number of urea groups is 1. The second-order valence-corrected chi connectivity index (χ2v) is 5.53. The summed E-state index contributed by atoms with van der Waals surface area (Å²) in [6.07, 6.45) is 1.87. The van der Waals surface area contributed by atoms with Gasteiger partial charge in [-0.05, 0) is 37.5 Å². The highest BCUT2D eigenvalue weighted by atomic mass is 16.5. The van der Waals surface area contributed by atoms with E-state index in [2.05, 4.69) is 22.8 Å². The van der Waals surface area contributed by atoms with Crippen molar-refractivity contribution in [2.24, 2.45) is 0 Å². The van der Waals surface area contributed by atoms with Gasteiger partial charge < -0.3 is 20.1 Å². The highest BCUT2D eigenvalue weighted by Crippen LogP contribution is 2.19. The molecular weight excluding hydrogens is 316 g/mol. The van der Waals surface area contributed by atoms with Crippen molar-refractivity contribution in [3.8, 4) is 11.5 Å². The van der Waals surface area contributed by atoms with E-state index < -0.39 is 0 Å². The first-order valence-corrected chi connectivity index (χ1v) is 8.69. The van der Waals surface area contributed by atoms with Crippen molar-refractivity contribution >= 4 is 6.03 Å². The van der Waals surface area contributed by atoms with Crippen LogP contribution < -0.4 is 20.1 Å². The molecule has 2 rings (SSSR count). The predicted octanol–water partition coefficient (Wildman–Crippen LogP) is 3.40. The van der Waals surface area contributed by atoms with Crippen molar-refractivity contribution in [3.05, 3.63) is 60.2 Å². The molecule has 0 spiro atoms. The van der Waals surface area contributed by atoms with Crippen molar-refractivity contribution in [2.45, 2.75) is 19.8 Å². The number of ether oxygens (including phenoxy) is 2. The largest absolute Gasteiger partial charge is 0.494 e. The van der Waals surface area contributed by atoms with E-state index >= 15 is 0 Å². The zero-order valence-corrected chi connectivity index (χ0v) is 14.7. The lowest BCUT2D eigenvalue weighted by Crippen LogP contribution is -2.38. The van der Waals surface area contributed by atoms with Gasteiger partial charge in [-0.1, -0.05) is 36.4 Å². The molecule has 5 nitrogen and oxygen atoms in total. The predicted molar refractivity (Wildman–Crippen MR) is 99.3 cm³/mol. The van der Waals surface area contributed by atoms with Crippen LogP contribution in [0.5, 0.6) is 11.5 Å². The summed E-state index contributed by atoms with van der Waals surface area (Å²) in [5.41, 5.74) is 1.28. The molecule has 0 fully saturated rings. The van der Waals surface area contributed by atoms with Crippen molar-refractivity contribution in [3.63, 3.8) is 0 Å². The second-order valence-electron chi connectivity index (χ2n) is 5.53. The van der Waals surface area contributed by atoms with Gasteiger partial charge >= 0.3 is 6.03 Å². The van der Waals surface area contributed by atoms with Gasteiger partial charge in [0, 0.05) is 12.6 Å². The molecule has 0 saturated carbocycles. The topological polar surface area (TPSA) is 59.6 Å². The number of hydrogen-bond donors (Lipinski definition) is 2. The van der Waals surface area contributed by atoms with Crippen LogP contribution in [0.1, 0.15) is 18.9 Å². The summed E-state index contributed by atoms with van der Waals surface area (Å²) in [6, 6.07) is 17.6. The average Bonchev–Trinajstić information content (AvgIpc) is 2.64. The minimum Gasteiger partial charge on any atom is -0.494 e. The molecule has 0 atom stereocenters. The molecule has 0 radical (unpaired) electrons. The minimum atomic E-state index is -0.167. The summed E-state index contributed by atoms with van der Waals surface area (Å²) < 4.78 is 11.0. The van der Waals surface area contributed by atoms with Crippen molar-refractivity contribution in [1.29, 1.82) is 0 Å². The SMILES string of the molecule is CCOc1cccc(OCCNC(=O)NCCCc2ccccc2)c1. The van der Waals surface area contributed by atoms with E-state index in [9.17, 15) is 4.79 Å². The molecule has 25 heavy (non-hydrogen) atoms. The molecule has 0 aliphatic heterocycles. The number of carbonyl (C=O) groups is 1. The Morgan fingerprint density at radius 2 is 1.64 bits per heavy atom. The van der Waals surface area contributed by atoms with Gasteiger partial charge in [-0.2, -0.15) is 0 Å². The maximum absolute atomic E-state index is 11.7. The highest BCUT2D eigenvalue weighted by Gasteiger charge is 2.01. The van der Waals surface area contributed by atoms with Gasteiger partial charge in [0.15, 0.2) is 0 Å². The van der Waals surface area contributed by atoms with E-state index in [0.717, 1.165) is 24.3 Å². The van der Waals surface area contributed by atoms with Crippen LogP contribution in [0.15, 0.2) is 54.6 Å². The third-order valence-corrected chi connectivity index (χ3v) is 3.54. The molecule has 0 unspecified atom stereocenters. The summed E-state index contributed by atoms with van der Waals surface area (Å²) in [6.45, 7) is 4.07. The number of amides is 2. The van der Waals surface area contributed by atoms with Gasteiger partial charge in [0.2, 0.25) is 0 Å². The molecule has 0 aliphatic rings. The average molecular weight is 342 g/mol. The molecule has 0 aromatic heterocycles. The molecule has 0 aliphatic carbocycles. The molecule has 2 aromatic carbocycles. The summed E-state index contributed by atoms with van der Waals surface area (Å²) in [4.78, 5) is 11.7. The van der Waals surface area contributed by atoms with Gasteiger partial charge in [0.25, 0.3) is 0 Å². The highest BCUT2D eigenvalue weighted by molar-refractivity contribution is 5.73. The number of nitrogens with one attached hydrogen (secondary N) is 2. The standard InChI is InChI=1S/C20H26N2O3/c1-2-24-18-11-6-12-19(16-18)25-15-14-22-20(23)21-13-7-10-17-8-4-3-5-9-17/h3-6,8-9,11-12,16H,2,7,10,13-15H2,1H3,(H2,21,22,23). The van der Waals surface area contributed by atoms with Gasteiger partial charge in [0.05, 0.1) is 13.2 Å². The number of benzene rings is 2. The Bertz CT molecular complexity index is 632. The third-order valence-electron chi connectivity index (χ3n) is 3.54. The van der Waals surface area contributed by atoms with Crippen LogP contribution in [-0.4, -0.2) is 32.3 Å². The Kier molecular flexibility index (Phi) is 8.18. The molecule has 2 aromatic rings. The Labute approximate surface area is 149 Å². The first-order valence-electron chi connectivity index (χ1n) is 8.69. The van der Waals surface area contributed by atoms with Gasteiger partial charge in [-0.15, -0.1) is 0 Å². The molecule has 0 saturated heterocycles. The monoisotopic (exact) mass is 342 g/mol. The molecule has 2 amide bonds. The summed E-state index contributed by atoms with van der Waals surface area (Å²) in [7, 11) is 0. The quantitative estimate of drug-likeness (QED) is 0.651. The number of rotatable bonds is 10. The fourth-order valence-corrected chi connectivity index (χ4v) is 2.36.